The Morgan fingerprint density at radius 1 is 1.07 bits per heavy atom. The molecule has 1 saturated heterocycles. The van der Waals surface area contributed by atoms with E-state index in [2.05, 4.69) is 53.3 Å². The van der Waals surface area contributed by atoms with E-state index in [9.17, 15) is 5.11 Å². The van der Waals surface area contributed by atoms with Crippen molar-refractivity contribution in [1.29, 1.82) is 0 Å². The first-order valence-electron chi connectivity index (χ1n) is 10.3. The zero-order valence-corrected chi connectivity index (χ0v) is 17.6. The molecule has 4 rings (SSSR count). The number of aromatic nitrogens is 1. The summed E-state index contributed by atoms with van der Waals surface area (Å²) < 4.78 is 1.29. The quantitative estimate of drug-likeness (QED) is 0.642. The molecule has 0 saturated carbocycles. The Balaban J connectivity index is 1.65. The Morgan fingerprint density at radius 3 is 2.50 bits per heavy atom. The Kier molecular flexibility index (Phi) is 5.95. The van der Waals surface area contributed by atoms with Gasteiger partial charge in [-0.1, -0.05) is 44.5 Å². The summed E-state index contributed by atoms with van der Waals surface area (Å²) in [6.07, 6.45) is 1.40. The van der Waals surface area contributed by atoms with E-state index in [-0.39, 0.29) is 6.10 Å². The number of rotatable bonds is 6. The molecule has 1 aliphatic rings. The van der Waals surface area contributed by atoms with E-state index in [0.717, 1.165) is 68.2 Å². The van der Waals surface area contributed by atoms with Gasteiger partial charge in [-0.25, -0.2) is 4.98 Å². The van der Waals surface area contributed by atoms with Crippen molar-refractivity contribution >= 4 is 27.2 Å². The Morgan fingerprint density at radius 2 is 1.82 bits per heavy atom. The summed E-state index contributed by atoms with van der Waals surface area (Å²) in [4.78, 5) is 10.0. The minimum Gasteiger partial charge on any atom is -0.388 e. The smallest absolute Gasteiger partial charge is 0.138 e. The zero-order chi connectivity index (χ0) is 19.5. The van der Waals surface area contributed by atoms with Crippen LogP contribution in [-0.2, 0) is 0 Å². The molecule has 1 unspecified atom stereocenters. The lowest BCUT2D eigenvalue weighted by atomic mass is 10.0. The van der Waals surface area contributed by atoms with E-state index in [4.69, 9.17) is 4.98 Å². The average molecular weight is 396 g/mol. The molecular weight excluding hydrogens is 366 g/mol. The van der Waals surface area contributed by atoms with Gasteiger partial charge in [-0.05, 0) is 36.0 Å². The van der Waals surface area contributed by atoms with Gasteiger partial charge in [-0.3, -0.25) is 0 Å². The number of thiophene rings is 1. The number of hydrogen-bond acceptors (Lipinski definition) is 5. The summed E-state index contributed by atoms with van der Waals surface area (Å²) in [5.74, 6) is 1.11. The summed E-state index contributed by atoms with van der Waals surface area (Å²) >= 11 is 1.78. The Bertz CT molecular complexity index is 913. The molecule has 148 valence electrons. The third kappa shape index (κ3) is 3.93. The molecule has 0 aliphatic carbocycles. The molecule has 3 heterocycles. The fourth-order valence-electron chi connectivity index (χ4n) is 3.93. The molecule has 1 N–H and O–H groups in total. The van der Waals surface area contributed by atoms with Crippen molar-refractivity contribution in [2.24, 2.45) is 0 Å². The molecule has 1 atom stereocenters. The van der Waals surface area contributed by atoms with Crippen molar-refractivity contribution in [1.82, 2.24) is 9.88 Å². The number of aliphatic hydroxyl groups is 1. The molecule has 0 spiro atoms. The highest BCUT2D eigenvalue weighted by Gasteiger charge is 2.20. The van der Waals surface area contributed by atoms with E-state index >= 15 is 0 Å². The van der Waals surface area contributed by atoms with Crippen molar-refractivity contribution < 1.29 is 5.11 Å². The number of anilines is 1. The van der Waals surface area contributed by atoms with Gasteiger partial charge in [0.2, 0.25) is 0 Å². The van der Waals surface area contributed by atoms with Crippen LogP contribution in [0.3, 0.4) is 0 Å². The van der Waals surface area contributed by atoms with Gasteiger partial charge < -0.3 is 14.9 Å². The first-order valence-corrected chi connectivity index (χ1v) is 11.2. The molecule has 1 aliphatic heterocycles. The van der Waals surface area contributed by atoms with Crippen LogP contribution < -0.4 is 4.90 Å². The van der Waals surface area contributed by atoms with Crippen LogP contribution in [0.4, 0.5) is 5.82 Å². The van der Waals surface area contributed by atoms with E-state index in [1.165, 1.54) is 10.1 Å². The van der Waals surface area contributed by atoms with Crippen LogP contribution in [0.5, 0.6) is 0 Å². The van der Waals surface area contributed by atoms with Gasteiger partial charge in [0, 0.05) is 41.8 Å². The van der Waals surface area contributed by atoms with Crippen molar-refractivity contribution in [3.8, 4) is 11.3 Å². The van der Waals surface area contributed by atoms with E-state index < -0.39 is 0 Å². The van der Waals surface area contributed by atoms with Crippen LogP contribution in [0.15, 0.2) is 41.8 Å². The first kappa shape index (κ1) is 19.4. The minimum atomic E-state index is -0.378. The summed E-state index contributed by atoms with van der Waals surface area (Å²) in [5.41, 5.74) is 3.11. The third-order valence-corrected chi connectivity index (χ3v) is 6.57. The topological polar surface area (TPSA) is 39.6 Å². The number of fused-ring (bicyclic) bond motifs is 1. The van der Waals surface area contributed by atoms with Crippen LogP contribution in [0, 0.1) is 0 Å². The van der Waals surface area contributed by atoms with E-state index in [1.54, 1.807) is 11.3 Å². The highest BCUT2D eigenvalue weighted by Crippen LogP contribution is 2.34. The van der Waals surface area contributed by atoms with Crippen LogP contribution in [0.25, 0.3) is 21.3 Å². The lowest BCUT2D eigenvalue weighted by Gasteiger charge is -2.35. The monoisotopic (exact) mass is 395 g/mol. The molecule has 3 aromatic rings. The second kappa shape index (κ2) is 8.60. The number of piperazine rings is 1. The van der Waals surface area contributed by atoms with Gasteiger partial charge >= 0.3 is 0 Å². The Hall–Kier alpha value is -1.95. The Labute approximate surface area is 171 Å². The maximum atomic E-state index is 10.2. The predicted octanol–water partition coefficient (Wildman–Crippen LogP) is 4.94. The fourth-order valence-corrected chi connectivity index (χ4v) is 4.75. The molecule has 0 radical (unpaired) electrons. The predicted molar refractivity (Wildman–Crippen MR) is 119 cm³/mol. The SMILES string of the molecule is CCCC(O)c1ccc(-c2cc3sccc3c(N3CCN(CC)CC3)n2)cc1. The number of likely N-dealkylation sites (N-methyl/N-ethyl adjacent to an activating group) is 1. The van der Waals surface area contributed by atoms with E-state index in [1.807, 2.05) is 12.1 Å². The molecule has 0 amide bonds. The highest BCUT2D eigenvalue weighted by atomic mass is 32.1. The summed E-state index contributed by atoms with van der Waals surface area (Å²) in [5, 5.41) is 13.6. The van der Waals surface area contributed by atoms with Gasteiger partial charge in [-0.2, -0.15) is 0 Å². The largest absolute Gasteiger partial charge is 0.388 e. The van der Waals surface area contributed by atoms with Gasteiger partial charge in [-0.15, -0.1) is 11.3 Å². The van der Waals surface area contributed by atoms with Crippen molar-refractivity contribution in [3.05, 3.63) is 47.3 Å². The van der Waals surface area contributed by atoms with Gasteiger partial charge in [0.1, 0.15) is 5.82 Å². The molecule has 2 aromatic heterocycles. The summed E-state index contributed by atoms with van der Waals surface area (Å²) in [6, 6.07) is 12.7. The van der Waals surface area contributed by atoms with Crippen molar-refractivity contribution in [2.45, 2.75) is 32.8 Å². The molecule has 0 bridgehead atoms. The van der Waals surface area contributed by atoms with Crippen molar-refractivity contribution in [3.63, 3.8) is 0 Å². The van der Waals surface area contributed by atoms with Crippen LogP contribution in [0.1, 0.15) is 38.4 Å². The number of pyridine rings is 1. The number of aliphatic hydroxyl groups excluding tert-OH is 1. The van der Waals surface area contributed by atoms with Gasteiger partial charge in [0.25, 0.3) is 0 Å². The lowest BCUT2D eigenvalue weighted by molar-refractivity contribution is 0.166. The normalized spacial score (nSPS) is 16.6. The van der Waals surface area contributed by atoms with Crippen molar-refractivity contribution in [2.75, 3.05) is 37.6 Å². The number of benzene rings is 1. The summed E-state index contributed by atoms with van der Waals surface area (Å²) in [6.45, 7) is 9.68. The maximum Gasteiger partial charge on any atom is 0.138 e. The number of nitrogens with zero attached hydrogens (tertiary/aromatic N) is 3. The zero-order valence-electron chi connectivity index (χ0n) is 16.8. The third-order valence-electron chi connectivity index (χ3n) is 5.70. The van der Waals surface area contributed by atoms with E-state index in [0.29, 0.717) is 0 Å². The minimum absolute atomic E-state index is 0.378. The first-order chi connectivity index (χ1) is 13.7. The molecule has 4 nitrogen and oxygen atoms in total. The standard InChI is InChI=1S/C23H29N3OS/c1-3-5-21(27)18-8-6-17(7-9-18)20-16-22-19(10-15-28-22)23(24-20)26-13-11-25(4-2)12-14-26/h6-10,15-16,21,27H,3-5,11-14H2,1-2H3. The van der Waals surface area contributed by atoms with Gasteiger partial charge in [0.15, 0.2) is 0 Å². The van der Waals surface area contributed by atoms with Crippen LogP contribution in [0.2, 0.25) is 0 Å². The second-order valence-electron chi connectivity index (χ2n) is 7.51. The van der Waals surface area contributed by atoms with Gasteiger partial charge in [0.05, 0.1) is 11.8 Å². The molecule has 5 heteroatoms. The molecule has 1 aromatic carbocycles. The maximum absolute atomic E-state index is 10.2. The molecule has 28 heavy (non-hydrogen) atoms. The van der Waals surface area contributed by atoms with Crippen LogP contribution >= 0.6 is 11.3 Å². The van der Waals surface area contributed by atoms with Crippen LogP contribution in [-0.4, -0.2) is 47.7 Å². The molecular formula is C23H29N3OS. The number of hydrogen-bond donors (Lipinski definition) is 1. The highest BCUT2D eigenvalue weighted by molar-refractivity contribution is 7.17. The summed E-state index contributed by atoms with van der Waals surface area (Å²) in [7, 11) is 0. The average Bonchev–Trinajstić information content (AvgIpc) is 3.22. The molecule has 1 fully saturated rings. The fraction of sp³-hybridized carbons (Fsp3) is 0.435. The second-order valence-corrected chi connectivity index (χ2v) is 8.46. The lowest BCUT2D eigenvalue weighted by Crippen LogP contribution is -2.46.